The smallest absolute Gasteiger partial charge is 0.306 e. The number of anilines is 1. The van der Waals surface area contributed by atoms with Gasteiger partial charge in [-0.25, -0.2) is 0 Å². The van der Waals surface area contributed by atoms with E-state index >= 15 is 0 Å². The number of rotatable bonds is 5. The lowest BCUT2D eigenvalue weighted by Crippen LogP contribution is -2.06. The third-order valence-electron chi connectivity index (χ3n) is 2.45. The van der Waals surface area contributed by atoms with Crippen LogP contribution in [0.4, 0.5) is 5.69 Å². The van der Waals surface area contributed by atoms with Crippen molar-refractivity contribution in [1.29, 1.82) is 0 Å². The number of hydrogen-bond acceptors (Lipinski definition) is 3. The van der Waals surface area contributed by atoms with Crippen molar-refractivity contribution in [3.05, 3.63) is 29.3 Å². The maximum absolute atomic E-state index is 11.3. The van der Waals surface area contributed by atoms with Crippen LogP contribution in [0, 0.1) is 6.92 Å². The molecule has 0 fully saturated rings. The number of hydrogen-bond donors (Lipinski definition) is 1. The Bertz CT molecular complexity index is 361. The van der Waals surface area contributed by atoms with E-state index in [9.17, 15) is 4.79 Å². The number of nitrogens with one attached hydrogen (secondary N) is 1. The molecule has 88 valence electrons. The average Bonchev–Trinajstić information content (AvgIpc) is 2.27. The summed E-state index contributed by atoms with van der Waals surface area (Å²) in [5, 5.41) is 3.13. The standard InChI is InChI=1S/C13H19NO2/c1-4-6-12(15)16-9-11-8-5-7-10(2)13(11)14-3/h5,7-8,14H,4,6,9H2,1-3H3. The lowest BCUT2D eigenvalue weighted by atomic mass is 10.1. The first kappa shape index (κ1) is 12.6. The van der Waals surface area contributed by atoms with Crippen LogP contribution < -0.4 is 5.32 Å². The van der Waals surface area contributed by atoms with Gasteiger partial charge in [0.15, 0.2) is 0 Å². The molecule has 0 aliphatic rings. The molecule has 1 N–H and O–H groups in total. The molecule has 0 spiro atoms. The summed E-state index contributed by atoms with van der Waals surface area (Å²) in [7, 11) is 1.87. The van der Waals surface area contributed by atoms with Crippen LogP contribution in [0.1, 0.15) is 30.9 Å². The highest BCUT2D eigenvalue weighted by Crippen LogP contribution is 2.20. The topological polar surface area (TPSA) is 38.3 Å². The maximum atomic E-state index is 11.3. The van der Waals surface area contributed by atoms with E-state index in [2.05, 4.69) is 5.32 Å². The zero-order valence-corrected chi connectivity index (χ0v) is 10.2. The van der Waals surface area contributed by atoms with Crippen molar-refractivity contribution in [2.24, 2.45) is 0 Å². The molecule has 0 amide bonds. The number of ether oxygens (including phenoxy) is 1. The van der Waals surface area contributed by atoms with Crippen LogP contribution >= 0.6 is 0 Å². The molecule has 1 aromatic rings. The van der Waals surface area contributed by atoms with Gasteiger partial charge in [0.2, 0.25) is 0 Å². The molecule has 3 nitrogen and oxygen atoms in total. The maximum Gasteiger partial charge on any atom is 0.306 e. The molecule has 0 unspecified atom stereocenters. The minimum Gasteiger partial charge on any atom is -0.461 e. The normalized spacial score (nSPS) is 9.94. The first-order valence-electron chi connectivity index (χ1n) is 5.61. The number of esters is 1. The predicted molar refractivity (Wildman–Crippen MR) is 65.4 cm³/mol. The fourth-order valence-electron chi connectivity index (χ4n) is 1.64. The summed E-state index contributed by atoms with van der Waals surface area (Å²) in [6.07, 6.45) is 1.31. The molecule has 3 heteroatoms. The Morgan fingerprint density at radius 2 is 2.19 bits per heavy atom. The van der Waals surface area contributed by atoms with Crippen molar-refractivity contribution in [1.82, 2.24) is 0 Å². The zero-order chi connectivity index (χ0) is 12.0. The fraction of sp³-hybridized carbons (Fsp3) is 0.462. The summed E-state index contributed by atoms with van der Waals surface area (Å²) in [5.41, 5.74) is 3.23. The van der Waals surface area contributed by atoms with Gasteiger partial charge in [0.1, 0.15) is 6.61 Å². The number of aryl methyl sites for hydroxylation is 1. The minimum absolute atomic E-state index is 0.133. The Morgan fingerprint density at radius 3 is 2.81 bits per heavy atom. The molecule has 0 saturated heterocycles. The number of benzene rings is 1. The van der Waals surface area contributed by atoms with Crippen molar-refractivity contribution < 1.29 is 9.53 Å². The molecule has 0 atom stereocenters. The van der Waals surface area contributed by atoms with Crippen molar-refractivity contribution >= 4 is 11.7 Å². The monoisotopic (exact) mass is 221 g/mol. The van der Waals surface area contributed by atoms with Gasteiger partial charge in [-0.1, -0.05) is 25.1 Å². The van der Waals surface area contributed by atoms with Crippen LogP contribution in [0.3, 0.4) is 0 Å². The second kappa shape index (κ2) is 6.16. The Morgan fingerprint density at radius 1 is 1.44 bits per heavy atom. The van der Waals surface area contributed by atoms with E-state index in [1.165, 1.54) is 0 Å². The highest BCUT2D eigenvalue weighted by atomic mass is 16.5. The van der Waals surface area contributed by atoms with Crippen molar-refractivity contribution in [2.75, 3.05) is 12.4 Å². The van der Waals surface area contributed by atoms with Crippen LogP contribution in [0.15, 0.2) is 18.2 Å². The zero-order valence-electron chi connectivity index (χ0n) is 10.2. The Hall–Kier alpha value is -1.51. The molecule has 0 aromatic heterocycles. The van der Waals surface area contributed by atoms with Crippen LogP contribution in [0.5, 0.6) is 0 Å². The van der Waals surface area contributed by atoms with E-state index in [1.54, 1.807) is 0 Å². The largest absolute Gasteiger partial charge is 0.461 e. The van der Waals surface area contributed by atoms with Gasteiger partial charge in [-0.05, 0) is 18.9 Å². The highest BCUT2D eigenvalue weighted by molar-refractivity contribution is 5.69. The van der Waals surface area contributed by atoms with Gasteiger partial charge < -0.3 is 10.1 Å². The molecule has 0 aliphatic carbocycles. The van der Waals surface area contributed by atoms with E-state index < -0.39 is 0 Å². The molecule has 1 aromatic carbocycles. The van der Waals surface area contributed by atoms with E-state index in [0.29, 0.717) is 13.0 Å². The number of para-hydroxylation sites is 1. The summed E-state index contributed by atoms with van der Waals surface area (Å²) in [5.74, 6) is -0.133. The predicted octanol–water partition coefficient (Wildman–Crippen LogP) is 2.88. The molecule has 0 heterocycles. The van der Waals surface area contributed by atoms with Crippen LogP contribution in [0.2, 0.25) is 0 Å². The molecule has 0 bridgehead atoms. The quantitative estimate of drug-likeness (QED) is 0.777. The molecule has 0 radical (unpaired) electrons. The van der Waals surface area contributed by atoms with Gasteiger partial charge in [0, 0.05) is 24.7 Å². The summed E-state index contributed by atoms with van der Waals surface area (Å²) in [6, 6.07) is 5.97. The third-order valence-corrected chi connectivity index (χ3v) is 2.45. The second-order valence-electron chi connectivity index (χ2n) is 3.77. The summed E-state index contributed by atoms with van der Waals surface area (Å²) in [6.45, 7) is 4.34. The summed E-state index contributed by atoms with van der Waals surface area (Å²) in [4.78, 5) is 11.3. The number of carbonyl (C=O) groups is 1. The Kier molecular flexibility index (Phi) is 4.83. The van der Waals surface area contributed by atoms with E-state index in [-0.39, 0.29) is 5.97 Å². The first-order valence-corrected chi connectivity index (χ1v) is 5.61. The van der Waals surface area contributed by atoms with Crippen molar-refractivity contribution in [2.45, 2.75) is 33.3 Å². The summed E-state index contributed by atoms with van der Waals surface area (Å²) >= 11 is 0. The van der Waals surface area contributed by atoms with Gasteiger partial charge in [0.05, 0.1) is 0 Å². The van der Waals surface area contributed by atoms with Gasteiger partial charge >= 0.3 is 5.97 Å². The molecular formula is C13H19NO2. The van der Waals surface area contributed by atoms with Gasteiger partial charge in [0.25, 0.3) is 0 Å². The Labute approximate surface area is 96.8 Å². The van der Waals surface area contributed by atoms with E-state index in [4.69, 9.17) is 4.74 Å². The first-order chi connectivity index (χ1) is 7.69. The van der Waals surface area contributed by atoms with E-state index in [0.717, 1.165) is 23.2 Å². The molecule has 16 heavy (non-hydrogen) atoms. The molecule has 1 rings (SSSR count). The van der Waals surface area contributed by atoms with Gasteiger partial charge in [-0.15, -0.1) is 0 Å². The fourth-order valence-corrected chi connectivity index (χ4v) is 1.64. The highest BCUT2D eigenvalue weighted by Gasteiger charge is 2.06. The van der Waals surface area contributed by atoms with Crippen molar-refractivity contribution in [3.63, 3.8) is 0 Å². The lowest BCUT2D eigenvalue weighted by Gasteiger charge is -2.12. The Balaban J connectivity index is 2.66. The second-order valence-corrected chi connectivity index (χ2v) is 3.77. The van der Waals surface area contributed by atoms with Gasteiger partial charge in [-0.2, -0.15) is 0 Å². The number of carbonyl (C=O) groups excluding carboxylic acids is 1. The van der Waals surface area contributed by atoms with Crippen LogP contribution in [-0.2, 0) is 16.1 Å². The summed E-state index contributed by atoms with van der Waals surface area (Å²) < 4.78 is 5.19. The van der Waals surface area contributed by atoms with Crippen LogP contribution in [0.25, 0.3) is 0 Å². The van der Waals surface area contributed by atoms with Gasteiger partial charge in [-0.3, -0.25) is 4.79 Å². The molecule has 0 saturated carbocycles. The SMILES string of the molecule is CCCC(=O)OCc1cccc(C)c1NC. The van der Waals surface area contributed by atoms with E-state index in [1.807, 2.05) is 39.1 Å². The third kappa shape index (κ3) is 3.26. The lowest BCUT2D eigenvalue weighted by molar-refractivity contribution is -0.144. The minimum atomic E-state index is -0.133. The molecular weight excluding hydrogens is 202 g/mol. The van der Waals surface area contributed by atoms with Crippen molar-refractivity contribution in [3.8, 4) is 0 Å². The van der Waals surface area contributed by atoms with Crippen LogP contribution in [-0.4, -0.2) is 13.0 Å². The molecule has 0 aliphatic heterocycles. The average molecular weight is 221 g/mol.